The summed E-state index contributed by atoms with van der Waals surface area (Å²) < 4.78 is 31.1. The van der Waals surface area contributed by atoms with Crippen LogP contribution in [0.4, 0.5) is 0 Å². The Morgan fingerprint density at radius 2 is 2.11 bits per heavy atom. The fourth-order valence-corrected chi connectivity index (χ4v) is 2.67. The lowest BCUT2D eigenvalue weighted by molar-refractivity contribution is 0.339. The van der Waals surface area contributed by atoms with Gasteiger partial charge in [-0.25, -0.2) is 8.42 Å². The van der Waals surface area contributed by atoms with Crippen LogP contribution in [0.15, 0.2) is 29.2 Å². The van der Waals surface area contributed by atoms with Crippen molar-refractivity contribution in [1.29, 1.82) is 0 Å². The maximum absolute atomic E-state index is 12.2. The quantitative estimate of drug-likeness (QED) is 0.802. The summed E-state index contributed by atoms with van der Waals surface area (Å²) >= 11 is 0. The highest BCUT2D eigenvalue weighted by molar-refractivity contribution is 7.89. The molecule has 0 spiro atoms. The average Bonchev–Trinajstić information content (AvgIpc) is 2.36. The van der Waals surface area contributed by atoms with E-state index in [-0.39, 0.29) is 4.90 Å². The van der Waals surface area contributed by atoms with Gasteiger partial charge in [-0.3, -0.25) is 0 Å². The van der Waals surface area contributed by atoms with Gasteiger partial charge in [-0.1, -0.05) is 6.07 Å². The molecule has 1 aromatic carbocycles. The van der Waals surface area contributed by atoms with Crippen LogP contribution >= 0.6 is 0 Å². The summed E-state index contributed by atoms with van der Waals surface area (Å²) in [5.41, 5.74) is 0. The molecule has 0 radical (unpaired) electrons. The number of nitrogens with zero attached hydrogens (tertiary/aromatic N) is 1. The molecule has 5 nitrogen and oxygen atoms in total. The third-order valence-corrected chi connectivity index (χ3v) is 4.35. The number of likely N-dealkylation sites (N-methyl/N-ethyl adjacent to an activating group) is 2. The summed E-state index contributed by atoms with van der Waals surface area (Å²) in [5, 5.41) is 2.92. The highest BCUT2D eigenvalue weighted by Crippen LogP contribution is 2.20. The van der Waals surface area contributed by atoms with Crippen LogP contribution in [0.5, 0.6) is 5.75 Å². The molecule has 0 saturated carbocycles. The van der Waals surface area contributed by atoms with E-state index in [1.165, 1.54) is 4.31 Å². The molecule has 18 heavy (non-hydrogen) atoms. The molecule has 6 heteroatoms. The Labute approximate surface area is 109 Å². The van der Waals surface area contributed by atoms with Gasteiger partial charge in [0, 0.05) is 26.2 Å². The molecule has 0 aliphatic heterocycles. The Morgan fingerprint density at radius 3 is 2.72 bits per heavy atom. The molecule has 1 rings (SSSR count). The maximum Gasteiger partial charge on any atom is 0.242 e. The number of ether oxygens (including phenoxy) is 1. The second-order valence-corrected chi connectivity index (χ2v) is 5.88. The zero-order valence-corrected chi connectivity index (χ0v) is 11.8. The standard InChI is InChI=1S/C12H20N2O3S/c1-4-17-11-6-5-7-12(10-11)18(15,16)14(3)9-8-13-2/h5-7,10,13H,4,8-9H2,1-3H3. The monoisotopic (exact) mass is 272 g/mol. The summed E-state index contributed by atoms with van der Waals surface area (Å²) in [6.07, 6.45) is 0. The molecule has 0 bridgehead atoms. The van der Waals surface area contributed by atoms with E-state index in [0.29, 0.717) is 25.4 Å². The Morgan fingerprint density at radius 1 is 1.39 bits per heavy atom. The molecular weight excluding hydrogens is 252 g/mol. The molecule has 0 aliphatic rings. The van der Waals surface area contributed by atoms with Gasteiger partial charge in [0.1, 0.15) is 5.75 Å². The van der Waals surface area contributed by atoms with Gasteiger partial charge in [0.15, 0.2) is 0 Å². The number of rotatable bonds is 7. The Bertz CT molecular complexity index is 474. The lowest BCUT2D eigenvalue weighted by Crippen LogP contribution is -2.32. The summed E-state index contributed by atoms with van der Waals surface area (Å²) in [4.78, 5) is 0.257. The molecule has 1 N–H and O–H groups in total. The minimum Gasteiger partial charge on any atom is -0.494 e. The maximum atomic E-state index is 12.2. The Kier molecular flexibility index (Phi) is 5.58. The number of sulfonamides is 1. The van der Waals surface area contributed by atoms with Crippen LogP contribution in [0, 0.1) is 0 Å². The van der Waals surface area contributed by atoms with E-state index < -0.39 is 10.0 Å². The van der Waals surface area contributed by atoms with Crippen LogP contribution in [0.2, 0.25) is 0 Å². The van der Waals surface area contributed by atoms with Crippen LogP contribution < -0.4 is 10.1 Å². The highest BCUT2D eigenvalue weighted by Gasteiger charge is 2.20. The van der Waals surface area contributed by atoms with Crippen LogP contribution in [-0.2, 0) is 10.0 Å². The first kappa shape index (κ1) is 14.9. The zero-order valence-electron chi connectivity index (χ0n) is 11.0. The van der Waals surface area contributed by atoms with Crippen molar-refractivity contribution >= 4 is 10.0 Å². The van der Waals surface area contributed by atoms with Crippen molar-refractivity contribution in [2.24, 2.45) is 0 Å². The van der Waals surface area contributed by atoms with Crippen molar-refractivity contribution < 1.29 is 13.2 Å². The fourth-order valence-electron chi connectivity index (χ4n) is 1.46. The van der Waals surface area contributed by atoms with Gasteiger partial charge in [0.05, 0.1) is 11.5 Å². The molecule has 1 aromatic rings. The van der Waals surface area contributed by atoms with E-state index in [1.807, 2.05) is 6.92 Å². The second-order valence-electron chi connectivity index (χ2n) is 3.84. The van der Waals surface area contributed by atoms with E-state index in [1.54, 1.807) is 38.4 Å². The van der Waals surface area contributed by atoms with E-state index >= 15 is 0 Å². The van der Waals surface area contributed by atoms with Crippen molar-refractivity contribution in [1.82, 2.24) is 9.62 Å². The number of hydrogen-bond donors (Lipinski definition) is 1. The van der Waals surface area contributed by atoms with Gasteiger partial charge >= 0.3 is 0 Å². The summed E-state index contributed by atoms with van der Waals surface area (Å²) in [6.45, 7) is 3.41. The molecule has 0 saturated heterocycles. The second kappa shape index (κ2) is 6.72. The van der Waals surface area contributed by atoms with Crippen LogP contribution in [0.1, 0.15) is 6.92 Å². The predicted molar refractivity (Wildman–Crippen MR) is 71.4 cm³/mol. The van der Waals surface area contributed by atoms with E-state index in [0.717, 1.165) is 0 Å². The highest BCUT2D eigenvalue weighted by atomic mass is 32.2. The molecule has 0 amide bonds. The van der Waals surface area contributed by atoms with Crippen molar-refractivity contribution in [3.63, 3.8) is 0 Å². The van der Waals surface area contributed by atoms with Crippen molar-refractivity contribution in [3.8, 4) is 5.75 Å². The van der Waals surface area contributed by atoms with Crippen LogP contribution in [-0.4, -0.2) is 46.5 Å². The third-order valence-electron chi connectivity index (χ3n) is 2.50. The fraction of sp³-hybridized carbons (Fsp3) is 0.500. The minimum absolute atomic E-state index is 0.257. The lowest BCUT2D eigenvalue weighted by atomic mass is 10.3. The molecule has 0 unspecified atom stereocenters. The molecule has 0 fully saturated rings. The summed E-state index contributed by atoms with van der Waals surface area (Å²) in [5.74, 6) is 0.570. The molecule has 102 valence electrons. The number of benzene rings is 1. The van der Waals surface area contributed by atoms with E-state index in [9.17, 15) is 8.42 Å². The van der Waals surface area contributed by atoms with Crippen molar-refractivity contribution in [2.75, 3.05) is 33.8 Å². The summed E-state index contributed by atoms with van der Waals surface area (Å²) in [7, 11) is -0.0814. The third kappa shape index (κ3) is 3.69. The van der Waals surface area contributed by atoms with Gasteiger partial charge in [0.25, 0.3) is 0 Å². The SMILES string of the molecule is CCOc1cccc(S(=O)(=O)N(C)CCNC)c1. The van der Waals surface area contributed by atoms with Gasteiger partial charge < -0.3 is 10.1 Å². The molecule has 0 atom stereocenters. The van der Waals surface area contributed by atoms with Crippen molar-refractivity contribution in [2.45, 2.75) is 11.8 Å². The summed E-state index contributed by atoms with van der Waals surface area (Å²) in [6, 6.07) is 6.56. The van der Waals surface area contributed by atoms with Gasteiger partial charge in [-0.2, -0.15) is 4.31 Å². The molecule has 0 heterocycles. The largest absolute Gasteiger partial charge is 0.494 e. The lowest BCUT2D eigenvalue weighted by Gasteiger charge is -2.17. The van der Waals surface area contributed by atoms with Crippen molar-refractivity contribution in [3.05, 3.63) is 24.3 Å². The van der Waals surface area contributed by atoms with Gasteiger partial charge in [-0.05, 0) is 26.1 Å². The first-order chi connectivity index (χ1) is 8.52. The van der Waals surface area contributed by atoms with E-state index in [4.69, 9.17) is 4.74 Å². The first-order valence-electron chi connectivity index (χ1n) is 5.86. The zero-order chi connectivity index (χ0) is 13.6. The normalized spacial score (nSPS) is 11.8. The van der Waals surface area contributed by atoms with Gasteiger partial charge in [-0.15, -0.1) is 0 Å². The minimum atomic E-state index is -3.44. The topological polar surface area (TPSA) is 58.6 Å². The van der Waals surface area contributed by atoms with Crippen LogP contribution in [0.3, 0.4) is 0 Å². The number of hydrogen-bond acceptors (Lipinski definition) is 4. The predicted octanol–water partition coefficient (Wildman–Crippen LogP) is 0.925. The van der Waals surface area contributed by atoms with Crippen LogP contribution in [0.25, 0.3) is 0 Å². The van der Waals surface area contributed by atoms with E-state index in [2.05, 4.69) is 5.32 Å². The first-order valence-corrected chi connectivity index (χ1v) is 7.30. The van der Waals surface area contributed by atoms with Gasteiger partial charge in [0.2, 0.25) is 10.0 Å². The Balaban J connectivity index is 2.93. The smallest absolute Gasteiger partial charge is 0.242 e. The molecule has 0 aliphatic carbocycles. The average molecular weight is 272 g/mol. The number of nitrogens with one attached hydrogen (secondary N) is 1. The molecule has 0 aromatic heterocycles. The molecular formula is C12H20N2O3S. The Hall–Kier alpha value is -1.11.